The van der Waals surface area contributed by atoms with Gasteiger partial charge in [-0.15, -0.1) is 0 Å². The lowest BCUT2D eigenvalue weighted by molar-refractivity contribution is 0.0918. The first-order valence-corrected chi connectivity index (χ1v) is 9.64. The van der Waals surface area contributed by atoms with E-state index in [-0.39, 0.29) is 11.9 Å². The van der Waals surface area contributed by atoms with E-state index < -0.39 is 0 Å². The molecule has 5 heteroatoms. The SMILES string of the molecule is CN1CCC(NC(=O)c2cc(-c3ccccc3Cl)nc3ccccc23)CC1. The fraction of sp³-hybridized carbons (Fsp3) is 0.273. The minimum Gasteiger partial charge on any atom is -0.349 e. The molecule has 0 unspecified atom stereocenters. The van der Waals surface area contributed by atoms with Crippen LogP contribution in [0.2, 0.25) is 5.02 Å². The number of amides is 1. The summed E-state index contributed by atoms with van der Waals surface area (Å²) in [7, 11) is 2.12. The molecule has 0 aliphatic carbocycles. The van der Waals surface area contributed by atoms with Crippen molar-refractivity contribution in [3.05, 3.63) is 65.2 Å². The molecule has 0 spiro atoms. The van der Waals surface area contributed by atoms with E-state index in [1.807, 2.05) is 54.6 Å². The molecule has 2 heterocycles. The monoisotopic (exact) mass is 379 g/mol. The number of para-hydroxylation sites is 1. The smallest absolute Gasteiger partial charge is 0.252 e. The van der Waals surface area contributed by atoms with Crippen molar-refractivity contribution in [3.63, 3.8) is 0 Å². The molecule has 27 heavy (non-hydrogen) atoms. The van der Waals surface area contributed by atoms with Gasteiger partial charge in [0.15, 0.2) is 0 Å². The number of nitrogens with zero attached hydrogens (tertiary/aromatic N) is 2. The van der Waals surface area contributed by atoms with Crippen molar-refractivity contribution in [1.82, 2.24) is 15.2 Å². The van der Waals surface area contributed by atoms with Gasteiger partial charge >= 0.3 is 0 Å². The molecule has 1 amide bonds. The van der Waals surface area contributed by atoms with Crippen LogP contribution in [0.15, 0.2) is 54.6 Å². The van der Waals surface area contributed by atoms with E-state index >= 15 is 0 Å². The molecule has 3 aromatic rings. The van der Waals surface area contributed by atoms with Gasteiger partial charge in [0.05, 0.1) is 16.8 Å². The van der Waals surface area contributed by atoms with Gasteiger partial charge in [-0.1, -0.05) is 48.0 Å². The van der Waals surface area contributed by atoms with Crippen LogP contribution in [-0.4, -0.2) is 42.0 Å². The second-order valence-corrected chi connectivity index (χ2v) is 7.51. The zero-order valence-electron chi connectivity index (χ0n) is 15.3. The van der Waals surface area contributed by atoms with Crippen molar-refractivity contribution in [2.45, 2.75) is 18.9 Å². The van der Waals surface area contributed by atoms with Gasteiger partial charge in [0.25, 0.3) is 5.91 Å². The number of hydrogen-bond acceptors (Lipinski definition) is 3. The molecule has 1 aliphatic heterocycles. The molecule has 1 aromatic heterocycles. The number of likely N-dealkylation sites (tertiary alicyclic amines) is 1. The summed E-state index contributed by atoms with van der Waals surface area (Å²) in [4.78, 5) is 20.1. The van der Waals surface area contributed by atoms with Crippen LogP contribution >= 0.6 is 11.6 Å². The number of pyridine rings is 1. The Hall–Kier alpha value is -2.43. The summed E-state index contributed by atoms with van der Waals surface area (Å²) in [6.45, 7) is 2.01. The van der Waals surface area contributed by atoms with E-state index in [1.165, 1.54) is 0 Å². The molecule has 1 aliphatic rings. The summed E-state index contributed by atoms with van der Waals surface area (Å²) >= 11 is 6.37. The molecule has 138 valence electrons. The van der Waals surface area contributed by atoms with Crippen molar-refractivity contribution in [2.24, 2.45) is 0 Å². The first-order valence-electron chi connectivity index (χ1n) is 9.26. The number of carbonyl (C=O) groups is 1. The number of hydrogen-bond donors (Lipinski definition) is 1. The zero-order valence-corrected chi connectivity index (χ0v) is 16.0. The summed E-state index contributed by atoms with van der Waals surface area (Å²) in [5, 5.41) is 4.70. The molecule has 1 fully saturated rings. The first-order chi connectivity index (χ1) is 13.1. The van der Waals surface area contributed by atoms with Crippen LogP contribution in [0, 0.1) is 0 Å². The molecule has 2 aromatic carbocycles. The van der Waals surface area contributed by atoms with Crippen LogP contribution in [0.4, 0.5) is 0 Å². The average molecular weight is 380 g/mol. The molecule has 0 atom stereocenters. The van der Waals surface area contributed by atoms with Gasteiger partial charge < -0.3 is 10.2 Å². The van der Waals surface area contributed by atoms with Gasteiger partial charge in [-0.3, -0.25) is 4.79 Å². The Balaban J connectivity index is 1.72. The maximum Gasteiger partial charge on any atom is 0.252 e. The Bertz CT molecular complexity index is 980. The van der Waals surface area contributed by atoms with Gasteiger partial charge in [0, 0.05) is 22.0 Å². The van der Waals surface area contributed by atoms with Gasteiger partial charge in [-0.2, -0.15) is 0 Å². The molecular weight excluding hydrogens is 358 g/mol. The maximum atomic E-state index is 13.1. The van der Waals surface area contributed by atoms with Crippen molar-refractivity contribution in [2.75, 3.05) is 20.1 Å². The summed E-state index contributed by atoms with van der Waals surface area (Å²) in [6.07, 6.45) is 1.95. The van der Waals surface area contributed by atoms with E-state index in [0.29, 0.717) is 16.3 Å². The summed E-state index contributed by atoms with van der Waals surface area (Å²) in [5.74, 6) is -0.0449. The third-order valence-electron chi connectivity index (χ3n) is 5.16. The van der Waals surface area contributed by atoms with Crippen LogP contribution in [0.3, 0.4) is 0 Å². The fourth-order valence-electron chi connectivity index (χ4n) is 3.59. The summed E-state index contributed by atoms with van der Waals surface area (Å²) in [6, 6.07) is 17.4. The lowest BCUT2D eigenvalue weighted by Gasteiger charge is -2.29. The third kappa shape index (κ3) is 3.82. The highest BCUT2D eigenvalue weighted by Crippen LogP contribution is 2.29. The number of benzene rings is 2. The van der Waals surface area contributed by atoms with E-state index in [2.05, 4.69) is 17.3 Å². The lowest BCUT2D eigenvalue weighted by Crippen LogP contribution is -2.43. The predicted molar refractivity (Wildman–Crippen MR) is 110 cm³/mol. The van der Waals surface area contributed by atoms with Crippen molar-refractivity contribution >= 4 is 28.4 Å². The van der Waals surface area contributed by atoms with Gasteiger partial charge in [0.2, 0.25) is 0 Å². The maximum absolute atomic E-state index is 13.1. The Morgan fingerprint density at radius 3 is 2.59 bits per heavy atom. The zero-order chi connectivity index (χ0) is 18.8. The number of fused-ring (bicyclic) bond motifs is 1. The average Bonchev–Trinajstić information content (AvgIpc) is 2.69. The number of piperidine rings is 1. The molecule has 0 saturated carbocycles. The molecule has 1 N–H and O–H groups in total. The quantitative estimate of drug-likeness (QED) is 0.734. The number of aromatic nitrogens is 1. The molecule has 0 bridgehead atoms. The van der Waals surface area contributed by atoms with E-state index in [0.717, 1.165) is 42.4 Å². The van der Waals surface area contributed by atoms with Crippen LogP contribution in [0.1, 0.15) is 23.2 Å². The Morgan fingerprint density at radius 2 is 1.81 bits per heavy atom. The van der Waals surface area contributed by atoms with Gasteiger partial charge in [-0.25, -0.2) is 4.98 Å². The van der Waals surface area contributed by atoms with Gasteiger partial charge in [-0.05, 0) is 51.2 Å². The fourth-order valence-corrected chi connectivity index (χ4v) is 3.82. The molecule has 4 rings (SSSR count). The number of halogens is 1. The van der Waals surface area contributed by atoms with Gasteiger partial charge in [0.1, 0.15) is 0 Å². The highest BCUT2D eigenvalue weighted by molar-refractivity contribution is 6.33. The number of nitrogens with one attached hydrogen (secondary N) is 1. The number of carbonyl (C=O) groups excluding carboxylic acids is 1. The van der Waals surface area contributed by atoms with Crippen LogP contribution in [0.5, 0.6) is 0 Å². The minimum absolute atomic E-state index is 0.0449. The van der Waals surface area contributed by atoms with Crippen molar-refractivity contribution in [3.8, 4) is 11.3 Å². The molecule has 0 radical (unpaired) electrons. The highest BCUT2D eigenvalue weighted by Gasteiger charge is 2.21. The standard InChI is InChI=1S/C22H22ClN3O/c1-26-12-10-15(11-13-26)24-22(27)18-14-21(17-7-2-4-8-19(17)23)25-20-9-5-3-6-16(18)20/h2-9,14-15H,10-13H2,1H3,(H,24,27). The number of rotatable bonds is 3. The lowest BCUT2D eigenvalue weighted by atomic mass is 10.0. The summed E-state index contributed by atoms with van der Waals surface area (Å²) in [5.41, 5.74) is 2.99. The summed E-state index contributed by atoms with van der Waals surface area (Å²) < 4.78 is 0. The van der Waals surface area contributed by atoms with Crippen molar-refractivity contribution in [1.29, 1.82) is 0 Å². The molecular formula is C22H22ClN3O. The second kappa shape index (κ2) is 7.67. The first kappa shape index (κ1) is 18.0. The Kier molecular flexibility index (Phi) is 5.10. The third-order valence-corrected chi connectivity index (χ3v) is 5.49. The normalized spacial score (nSPS) is 15.8. The minimum atomic E-state index is -0.0449. The highest BCUT2D eigenvalue weighted by atomic mass is 35.5. The van der Waals surface area contributed by atoms with Crippen LogP contribution < -0.4 is 5.32 Å². The van der Waals surface area contributed by atoms with E-state index in [4.69, 9.17) is 16.6 Å². The van der Waals surface area contributed by atoms with Crippen LogP contribution in [0.25, 0.3) is 22.2 Å². The largest absolute Gasteiger partial charge is 0.349 e. The molecule has 4 nitrogen and oxygen atoms in total. The Labute approximate surface area is 164 Å². The van der Waals surface area contributed by atoms with E-state index in [1.54, 1.807) is 0 Å². The Morgan fingerprint density at radius 1 is 1.11 bits per heavy atom. The topological polar surface area (TPSA) is 45.2 Å². The molecule has 1 saturated heterocycles. The van der Waals surface area contributed by atoms with E-state index in [9.17, 15) is 4.79 Å². The predicted octanol–water partition coefficient (Wildman–Crippen LogP) is 4.38. The second-order valence-electron chi connectivity index (χ2n) is 7.10. The van der Waals surface area contributed by atoms with Crippen molar-refractivity contribution < 1.29 is 4.79 Å². The van der Waals surface area contributed by atoms with Crippen LogP contribution in [-0.2, 0) is 0 Å².